The number of primary amides is 1. The van der Waals surface area contributed by atoms with Crippen LogP contribution in [-0.2, 0) is 14.3 Å². The van der Waals surface area contributed by atoms with Crippen LogP contribution in [0.5, 0.6) is 0 Å². The lowest BCUT2D eigenvalue weighted by Crippen LogP contribution is -2.59. The molecule has 6 atom stereocenters. The molecule has 0 aromatic heterocycles. The van der Waals surface area contributed by atoms with E-state index in [0.29, 0.717) is 32.0 Å². The Morgan fingerprint density at radius 1 is 1.17 bits per heavy atom. The smallest absolute Gasteiger partial charge is 0.410 e. The number of nitrogens with zero attached hydrogens (tertiary/aromatic N) is 1. The molecule has 8 heteroatoms. The minimum Gasteiger partial charge on any atom is -0.449 e. The van der Waals surface area contributed by atoms with Crippen LogP contribution in [-0.4, -0.2) is 54.8 Å². The Kier molecular flexibility index (Phi) is 5.38. The highest BCUT2D eigenvalue weighted by atomic mass is 16.6. The molecule has 4 aliphatic carbocycles. The normalized spacial score (nSPS) is 37.6. The van der Waals surface area contributed by atoms with Gasteiger partial charge in [0.25, 0.3) is 0 Å². The number of carbonyl (C=O) groups is 3. The van der Waals surface area contributed by atoms with Crippen molar-refractivity contribution in [1.29, 1.82) is 0 Å². The molecule has 8 nitrogen and oxygen atoms in total. The third-order valence-corrected chi connectivity index (χ3v) is 7.26. The van der Waals surface area contributed by atoms with Crippen LogP contribution in [0.15, 0.2) is 0 Å². The topological polar surface area (TPSA) is 111 Å². The van der Waals surface area contributed by atoms with Gasteiger partial charge < -0.3 is 25.4 Å². The molecule has 0 spiro atoms. The van der Waals surface area contributed by atoms with Crippen LogP contribution in [0, 0.1) is 29.1 Å². The van der Waals surface area contributed by atoms with Crippen LogP contribution in [0.2, 0.25) is 0 Å². The lowest BCUT2D eigenvalue weighted by Gasteiger charge is -2.58. The summed E-state index contributed by atoms with van der Waals surface area (Å²) in [4.78, 5) is 38.3. The maximum atomic E-state index is 12.8. The van der Waals surface area contributed by atoms with Crippen molar-refractivity contribution in [3.63, 3.8) is 0 Å². The molecule has 5 fully saturated rings. The van der Waals surface area contributed by atoms with Crippen LogP contribution in [0.3, 0.4) is 0 Å². The SMILES string of the molecule is CC(C)COC(=O)N[C@@H]1CCN(C(=O)OC2C3CC4C[C@H]2CC(C(N)=O)(C4)C3)C1. The zero-order chi connectivity index (χ0) is 20.8. The number of alkyl carbamates (subject to hydrolysis) is 1. The highest BCUT2D eigenvalue weighted by molar-refractivity contribution is 5.81. The Hall–Kier alpha value is -1.99. The monoisotopic (exact) mass is 407 g/mol. The first-order valence-corrected chi connectivity index (χ1v) is 10.9. The molecule has 4 saturated carbocycles. The van der Waals surface area contributed by atoms with E-state index in [1.54, 1.807) is 4.90 Å². The van der Waals surface area contributed by atoms with Crippen molar-refractivity contribution < 1.29 is 23.9 Å². The summed E-state index contributed by atoms with van der Waals surface area (Å²) in [6.07, 6.45) is 4.28. The molecule has 0 aromatic rings. The summed E-state index contributed by atoms with van der Waals surface area (Å²) in [5, 5.41) is 2.83. The first-order chi connectivity index (χ1) is 13.8. The van der Waals surface area contributed by atoms with Crippen LogP contribution in [0.4, 0.5) is 9.59 Å². The highest BCUT2D eigenvalue weighted by Crippen LogP contribution is 2.60. The van der Waals surface area contributed by atoms with Crippen molar-refractivity contribution in [3.05, 3.63) is 0 Å². The summed E-state index contributed by atoms with van der Waals surface area (Å²) in [7, 11) is 0. The summed E-state index contributed by atoms with van der Waals surface area (Å²) in [6.45, 7) is 5.34. The Bertz CT molecular complexity index is 665. The molecule has 162 valence electrons. The molecule has 1 heterocycles. The second kappa shape index (κ2) is 7.69. The quantitative estimate of drug-likeness (QED) is 0.726. The number of nitrogens with one attached hydrogen (secondary N) is 1. The Balaban J connectivity index is 1.29. The predicted octanol–water partition coefficient (Wildman–Crippen LogP) is 2.26. The Morgan fingerprint density at radius 2 is 1.86 bits per heavy atom. The van der Waals surface area contributed by atoms with Gasteiger partial charge in [-0.15, -0.1) is 0 Å². The summed E-state index contributed by atoms with van der Waals surface area (Å²) in [5.74, 6) is 1.11. The van der Waals surface area contributed by atoms with Crippen molar-refractivity contribution in [2.45, 2.75) is 64.5 Å². The van der Waals surface area contributed by atoms with E-state index in [9.17, 15) is 14.4 Å². The number of ether oxygens (including phenoxy) is 2. The van der Waals surface area contributed by atoms with Crippen LogP contribution < -0.4 is 11.1 Å². The zero-order valence-corrected chi connectivity index (χ0v) is 17.4. The van der Waals surface area contributed by atoms with Crippen molar-refractivity contribution in [3.8, 4) is 0 Å². The molecule has 3 N–H and O–H groups in total. The van der Waals surface area contributed by atoms with E-state index in [-0.39, 0.29) is 47.3 Å². The number of carbonyl (C=O) groups excluding carboxylic acids is 3. The lowest BCUT2D eigenvalue weighted by molar-refractivity contribution is -0.161. The molecule has 5 rings (SSSR count). The van der Waals surface area contributed by atoms with Gasteiger partial charge in [-0.05, 0) is 62.2 Å². The van der Waals surface area contributed by atoms with Crippen LogP contribution in [0.1, 0.15) is 52.4 Å². The van der Waals surface area contributed by atoms with Gasteiger partial charge in [0.05, 0.1) is 18.1 Å². The molecule has 4 unspecified atom stereocenters. The summed E-state index contributed by atoms with van der Waals surface area (Å²) >= 11 is 0. The second-order valence-electron chi connectivity index (χ2n) is 10.0. The van der Waals surface area contributed by atoms with E-state index < -0.39 is 6.09 Å². The average Bonchev–Trinajstić information content (AvgIpc) is 3.10. The van der Waals surface area contributed by atoms with Gasteiger partial charge in [0.1, 0.15) is 6.10 Å². The molecule has 29 heavy (non-hydrogen) atoms. The molecule has 1 saturated heterocycles. The number of rotatable bonds is 5. The minimum absolute atomic E-state index is 0.112. The van der Waals surface area contributed by atoms with Gasteiger partial charge in [0, 0.05) is 13.1 Å². The van der Waals surface area contributed by atoms with Gasteiger partial charge >= 0.3 is 12.2 Å². The van der Waals surface area contributed by atoms with Gasteiger partial charge in [-0.1, -0.05) is 13.8 Å². The number of likely N-dealkylation sites (tertiary alicyclic amines) is 1. The van der Waals surface area contributed by atoms with Crippen LogP contribution >= 0.6 is 0 Å². The van der Waals surface area contributed by atoms with E-state index in [4.69, 9.17) is 15.2 Å². The van der Waals surface area contributed by atoms with E-state index in [1.165, 1.54) is 0 Å². The molecule has 0 radical (unpaired) electrons. The fourth-order valence-electron chi connectivity index (χ4n) is 6.16. The van der Waals surface area contributed by atoms with Gasteiger partial charge in [0.2, 0.25) is 5.91 Å². The number of nitrogens with two attached hydrogens (primary N) is 1. The number of hydrogen-bond donors (Lipinski definition) is 2. The molecular formula is C21H33N3O5. The van der Waals surface area contributed by atoms with Crippen molar-refractivity contribution in [2.24, 2.45) is 34.8 Å². The third-order valence-electron chi connectivity index (χ3n) is 7.26. The second-order valence-corrected chi connectivity index (χ2v) is 10.0. The standard InChI is InChI=1S/C21H33N3O5/c1-12(2)11-28-19(26)23-16-3-4-24(10-16)20(27)29-17-14-5-13-6-15(17)9-21(7-13,8-14)18(22)25/h12-17H,3-11H2,1-2H3,(H2,22,25)(H,23,26)/t13?,14-,15?,16+,17?,21?/m0/s1. The lowest BCUT2D eigenvalue weighted by atomic mass is 9.48. The van der Waals surface area contributed by atoms with Gasteiger partial charge in [0.15, 0.2) is 0 Å². The Labute approximate surface area is 171 Å². The summed E-state index contributed by atoms with van der Waals surface area (Å²) in [6, 6.07) is -0.112. The molecule has 0 aromatic carbocycles. The molecular weight excluding hydrogens is 374 g/mol. The van der Waals surface area contributed by atoms with Gasteiger partial charge in [-0.2, -0.15) is 0 Å². The van der Waals surface area contributed by atoms with Gasteiger partial charge in [-0.25, -0.2) is 9.59 Å². The summed E-state index contributed by atoms with van der Waals surface area (Å²) < 4.78 is 11.1. The molecule has 1 aliphatic heterocycles. The first-order valence-electron chi connectivity index (χ1n) is 10.9. The first kappa shape index (κ1) is 20.3. The highest BCUT2D eigenvalue weighted by Gasteiger charge is 2.59. The molecule has 3 amide bonds. The van der Waals surface area contributed by atoms with Gasteiger partial charge in [-0.3, -0.25) is 4.79 Å². The molecule has 5 aliphatic rings. The maximum absolute atomic E-state index is 12.8. The molecule has 4 bridgehead atoms. The third kappa shape index (κ3) is 4.03. The Morgan fingerprint density at radius 3 is 2.48 bits per heavy atom. The number of amides is 3. The zero-order valence-electron chi connectivity index (χ0n) is 17.4. The van der Waals surface area contributed by atoms with Crippen molar-refractivity contribution >= 4 is 18.1 Å². The average molecular weight is 408 g/mol. The van der Waals surface area contributed by atoms with E-state index >= 15 is 0 Å². The summed E-state index contributed by atoms with van der Waals surface area (Å²) in [5.41, 5.74) is 5.35. The van der Waals surface area contributed by atoms with Crippen molar-refractivity contribution in [1.82, 2.24) is 10.2 Å². The minimum atomic E-state index is -0.434. The van der Waals surface area contributed by atoms with Crippen LogP contribution in [0.25, 0.3) is 0 Å². The van der Waals surface area contributed by atoms with E-state index in [2.05, 4.69) is 5.32 Å². The maximum Gasteiger partial charge on any atom is 0.410 e. The van der Waals surface area contributed by atoms with Crippen molar-refractivity contribution in [2.75, 3.05) is 19.7 Å². The fourth-order valence-corrected chi connectivity index (χ4v) is 6.16. The largest absolute Gasteiger partial charge is 0.449 e. The van der Waals surface area contributed by atoms with E-state index in [0.717, 1.165) is 32.1 Å². The number of hydrogen-bond acceptors (Lipinski definition) is 5. The van der Waals surface area contributed by atoms with E-state index in [1.807, 2.05) is 13.8 Å². The predicted molar refractivity (Wildman–Crippen MR) is 105 cm³/mol. The fraction of sp³-hybridized carbons (Fsp3) is 0.857.